The molecule has 0 radical (unpaired) electrons. The SMILES string of the molecule is OC[C@H]1O[C@](CO[C@]2(CO)O[C@H](CO)[C@@H](O)[C@@H]2O)(OC[C@@]2(O[C@H]3O[C@H](CO)[C@@H](O)[C@H](O)[C@H]3O)O[C@H](CO)[C@@H](O)[C@@H]2O)[C@@H](O)[C@@H]1O. The Morgan fingerprint density at radius 3 is 1.31 bits per heavy atom. The van der Waals surface area contributed by atoms with Gasteiger partial charge in [-0.1, -0.05) is 0 Å². The Balaban J connectivity index is 1.65. The Kier molecular flexibility index (Phi) is 11.8. The van der Waals surface area contributed by atoms with Gasteiger partial charge in [-0.15, -0.1) is 0 Å². The number of aliphatic hydroxyl groups is 14. The Morgan fingerprint density at radius 1 is 0.444 bits per heavy atom. The molecular weight excluding hydrogens is 624 g/mol. The third kappa shape index (κ3) is 6.49. The smallest absolute Gasteiger partial charge is 0.224 e. The van der Waals surface area contributed by atoms with E-state index in [0.29, 0.717) is 0 Å². The van der Waals surface area contributed by atoms with Crippen LogP contribution in [0.25, 0.3) is 0 Å². The fraction of sp³-hybridized carbons (Fsp3) is 1.00. The van der Waals surface area contributed by atoms with Crippen molar-refractivity contribution in [2.75, 3.05) is 46.2 Å². The van der Waals surface area contributed by atoms with Gasteiger partial charge in [0.15, 0.2) is 6.29 Å². The average Bonchev–Trinajstić information content (AvgIpc) is 3.55. The van der Waals surface area contributed by atoms with E-state index in [4.69, 9.17) is 33.2 Å². The molecule has 264 valence electrons. The second-order valence-electron chi connectivity index (χ2n) is 11.3. The first kappa shape index (κ1) is 37.0. The van der Waals surface area contributed by atoms with Gasteiger partial charge >= 0.3 is 0 Å². The summed E-state index contributed by atoms with van der Waals surface area (Å²) in [6.07, 6.45) is -25.6. The summed E-state index contributed by atoms with van der Waals surface area (Å²) in [4.78, 5) is 0. The van der Waals surface area contributed by atoms with Crippen LogP contribution in [0.5, 0.6) is 0 Å². The van der Waals surface area contributed by atoms with Crippen molar-refractivity contribution in [1.29, 1.82) is 0 Å². The molecule has 4 rings (SSSR count). The van der Waals surface area contributed by atoms with Crippen molar-refractivity contribution >= 4 is 0 Å². The van der Waals surface area contributed by atoms with Gasteiger partial charge in [0.05, 0.1) is 26.4 Å². The molecule has 0 amide bonds. The van der Waals surface area contributed by atoms with E-state index in [1.807, 2.05) is 0 Å². The second-order valence-corrected chi connectivity index (χ2v) is 11.3. The van der Waals surface area contributed by atoms with Crippen LogP contribution in [0.1, 0.15) is 0 Å². The maximum absolute atomic E-state index is 11.0. The molecule has 0 aromatic heterocycles. The standard InChI is InChI=1S/C24H42O21/c25-1-8-12(30)16(34)17(35)21(41-8)45-24(20(38)15(33)11(4-28)44-24)7-40-23(19(37)14(32)10(3-27)43-23)6-39-22(5-29)18(36)13(31)9(2-26)42-22/h8-21,25-38H,1-7H2/t8-,9-,10-,11-,12-,13-,14-,15-,16+,17-,18+,19+,20+,21-,22-,23+,24+/m1/s1. The quantitative estimate of drug-likeness (QED) is 0.0867. The summed E-state index contributed by atoms with van der Waals surface area (Å²) in [6, 6.07) is 0. The van der Waals surface area contributed by atoms with Crippen LogP contribution in [0.2, 0.25) is 0 Å². The molecule has 0 spiro atoms. The molecule has 0 unspecified atom stereocenters. The minimum absolute atomic E-state index is 0.809. The number of aliphatic hydroxyl groups excluding tert-OH is 14. The molecular formula is C24H42O21. The summed E-state index contributed by atoms with van der Waals surface area (Å²) in [5.74, 6) is -7.73. The van der Waals surface area contributed by atoms with Gasteiger partial charge in [0.1, 0.15) is 99.2 Å². The highest BCUT2D eigenvalue weighted by Crippen LogP contribution is 2.41. The molecule has 0 aliphatic carbocycles. The molecule has 0 aromatic carbocycles. The normalized spacial score (nSPS) is 52.1. The molecule has 0 aromatic rings. The van der Waals surface area contributed by atoms with Crippen molar-refractivity contribution in [3.63, 3.8) is 0 Å². The van der Waals surface area contributed by atoms with Crippen molar-refractivity contribution in [1.82, 2.24) is 0 Å². The summed E-state index contributed by atoms with van der Waals surface area (Å²) < 4.78 is 38.7. The fourth-order valence-corrected chi connectivity index (χ4v) is 5.65. The van der Waals surface area contributed by atoms with Gasteiger partial charge in [-0.25, -0.2) is 0 Å². The van der Waals surface area contributed by atoms with Crippen LogP contribution in [-0.4, -0.2) is 221 Å². The monoisotopic (exact) mass is 666 g/mol. The highest BCUT2D eigenvalue weighted by atomic mass is 16.8. The van der Waals surface area contributed by atoms with Gasteiger partial charge in [-0.2, -0.15) is 0 Å². The van der Waals surface area contributed by atoms with E-state index in [9.17, 15) is 71.5 Å². The fourth-order valence-electron chi connectivity index (χ4n) is 5.65. The predicted octanol–water partition coefficient (Wildman–Crippen LogP) is -9.74. The summed E-state index contributed by atoms with van der Waals surface area (Å²) in [7, 11) is 0. The number of hydrogen-bond donors (Lipinski definition) is 14. The Hall–Kier alpha value is -0.840. The molecule has 45 heavy (non-hydrogen) atoms. The van der Waals surface area contributed by atoms with E-state index in [-0.39, 0.29) is 0 Å². The van der Waals surface area contributed by atoms with Gasteiger partial charge in [-0.3, -0.25) is 0 Å². The predicted molar refractivity (Wildman–Crippen MR) is 134 cm³/mol. The van der Waals surface area contributed by atoms with E-state index >= 15 is 0 Å². The molecule has 14 N–H and O–H groups in total. The number of hydrogen-bond acceptors (Lipinski definition) is 21. The lowest BCUT2D eigenvalue weighted by Gasteiger charge is -2.44. The van der Waals surface area contributed by atoms with E-state index in [1.54, 1.807) is 0 Å². The van der Waals surface area contributed by atoms with Gasteiger partial charge < -0.3 is 105 Å². The summed E-state index contributed by atoms with van der Waals surface area (Å²) >= 11 is 0. The summed E-state index contributed by atoms with van der Waals surface area (Å²) in [5, 5.41) is 143. The zero-order valence-corrected chi connectivity index (χ0v) is 23.7. The minimum atomic E-state index is -2.67. The molecule has 0 bridgehead atoms. The number of ether oxygens (including phenoxy) is 7. The maximum atomic E-state index is 11.0. The Labute approximate surface area is 254 Å². The van der Waals surface area contributed by atoms with Crippen molar-refractivity contribution < 1.29 is 105 Å². The van der Waals surface area contributed by atoms with Crippen molar-refractivity contribution in [2.24, 2.45) is 0 Å². The van der Waals surface area contributed by atoms with E-state index in [2.05, 4.69) is 0 Å². The zero-order chi connectivity index (χ0) is 33.5. The molecule has 21 heteroatoms. The second kappa shape index (κ2) is 14.3. The lowest BCUT2D eigenvalue weighted by molar-refractivity contribution is -0.404. The topological polar surface area (TPSA) is 348 Å². The number of rotatable bonds is 13. The highest BCUT2D eigenvalue weighted by molar-refractivity contribution is 5.03. The first-order valence-corrected chi connectivity index (χ1v) is 14.0. The van der Waals surface area contributed by atoms with Crippen LogP contribution in [0.3, 0.4) is 0 Å². The minimum Gasteiger partial charge on any atom is -0.394 e. The van der Waals surface area contributed by atoms with Crippen LogP contribution < -0.4 is 0 Å². The molecule has 0 saturated carbocycles. The zero-order valence-electron chi connectivity index (χ0n) is 23.7. The van der Waals surface area contributed by atoms with Gasteiger partial charge in [-0.05, 0) is 0 Å². The van der Waals surface area contributed by atoms with Crippen molar-refractivity contribution in [3.05, 3.63) is 0 Å². The third-order valence-electron chi connectivity index (χ3n) is 8.48. The van der Waals surface area contributed by atoms with Gasteiger partial charge in [0.2, 0.25) is 17.4 Å². The van der Waals surface area contributed by atoms with Crippen LogP contribution in [0.4, 0.5) is 0 Å². The molecule has 4 aliphatic rings. The van der Waals surface area contributed by atoms with E-state index in [0.717, 1.165) is 0 Å². The Morgan fingerprint density at radius 2 is 0.844 bits per heavy atom. The molecule has 4 saturated heterocycles. The van der Waals surface area contributed by atoms with E-state index in [1.165, 1.54) is 0 Å². The molecule has 4 aliphatic heterocycles. The lowest BCUT2D eigenvalue weighted by atomic mass is 9.99. The highest BCUT2D eigenvalue weighted by Gasteiger charge is 2.64. The average molecular weight is 667 g/mol. The largest absolute Gasteiger partial charge is 0.394 e. The maximum Gasteiger partial charge on any atom is 0.224 e. The molecule has 21 nitrogen and oxygen atoms in total. The van der Waals surface area contributed by atoms with E-state index < -0.39 is 149 Å². The summed E-state index contributed by atoms with van der Waals surface area (Å²) in [6.45, 7) is -6.84. The molecule has 4 heterocycles. The Bertz CT molecular complexity index is 962. The lowest BCUT2D eigenvalue weighted by Crippen LogP contribution is -2.63. The van der Waals surface area contributed by atoms with Crippen LogP contribution in [0.15, 0.2) is 0 Å². The van der Waals surface area contributed by atoms with Gasteiger partial charge in [0, 0.05) is 0 Å². The first-order valence-electron chi connectivity index (χ1n) is 14.0. The first-order chi connectivity index (χ1) is 21.2. The van der Waals surface area contributed by atoms with Gasteiger partial charge in [0.25, 0.3) is 0 Å². The molecule has 4 fully saturated rings. The van der Waals surface area contributed by atoms with Crippen LogP contribution in [-0.2, 0) is 33.2 Å². The van der Waals surface area contributed by atoms with Crippen molar-refractivity contribution in [3.8, 4) is 0 Å². The van der Waals surface area contributed by atoms with Crippen LogP contribution in [0, 0.1) is 0 Å². The van der Waals surface area contributed by atoms with Crippen molar-refractivity contribution in [2.45, 2.75) is 103 Å². The third-order valence-corrected chi connectivity index (χ3v) is 8.48. The molecule has 17 atom stereocenters. The summed E-state index contributed by atoms with van der Waals surface area (Å²) in [5.41, 5.74) is 0. The van der Waals surface area contributed by atoms with Crippen LogP contribution >= 0.6 is 0 Å².